The lowest BCUT2D eigenvalue weighted by molar-refractivity contribution is 0.588. The van der Waals surface area contributed by atoms with E-state index in [9.17, 15) is 0 Å². The molecule has 1 rings (SSSR count). The first-order chi connectivity index (χ1) is 8.38. The van der Waals surface area contributed by atoms with Crippen molar-refractivity contribution in [3.63, 3.8) is 0 Å². The number of allylic oxidation sites excluding steroid dienone is 1. The van der Waals surface area contributed by atoms with E-state index in [-0.39, 0.29) is 5.41 Å². The first kappa shape index (κ1) is 14.6. The fourth-order valence-electron chi connectivity index (χ4n) is 1.88. The molecule has 18 heavy (non-hydrogen) atoms. The van der Waals surface area contributed by atoms with E-state index >= 15 is 0 Å². The van der Waals surface area contributed by atoms with Gasteiger partial charge in [-0.05, 0) is 34.6 Å². The van der Waals surface area contributed by atoms with Crippen LogP contribution in [0, 0.1) is 0 Å². The SMILES string of the molecule is C=CC(=C)NCc1cc(C(C)(C)C)ccc1CC. The average Bonchev–Trinajstić information content (AvgIpc) is 2.34. The Labute approximate surface area is 112 Å². The predicted octanol–water partition coefficient (Wildman–Crippen LogP) is 4.34. The van der Waals surface area contributed by atoms with Crippen molar-refractivity contribution in [3.8, 4) is 0 Å². The van der Waals surface area contributed by atoms with Crippen LogP contribution in [0.1, 0.15) is 44.4 Å². The fourth-order valence-corrected chi connectivity index (χ4v) is 1.88. The molecular formula is C17H25N. The highest BCUT2D eigenvalue weighted by molar-refractivity contribution is 5.35. The topological polar surface area (TPSA) is 12.0 Å². The Morgan fingerprint density at radius 2 is 1.94 bits per heavy atom. The summed E-state index contributed by atoms with van der Waals surface area (Å²) in [6, 6.07) is 6.79. The van der Waals surface area contributed by atoms with Gasteiger partial charge in [-0.1, -0.05) is 59.1 Å². The van der Waals surface area contributed by atoms with Crippen molar-refractivity contribution in [2.24, 2.45) is 0 Å². The molecule has 1 aromatic carbocycles. The molecule has 0 atom stereocenters. The average molecular weight is 243 g/mol. The molecule has 0 aliphatic rings. The van der Waals surface area contributed by atoms with Crippen molar-refractivity contribution < 1.29 is 0 Å². The molecule has 0 heterocycles. The van der Waals surface area contributed by atoms with E-state index in [2.05, 4.69) is 64.4 Å². The Morgan fingerprint density at radius 3 is 2.44 bits per heavy atom. The lowest BCUT2D eigenvalue weighted by Crippen LogP contribution is -2.15. The zero-order valence-electron chi connectivity index (χ0n) is 12.1. The maximum Gasteiger partial charge on any atom is 0.0403 e. The molecule has 0 aromatic heterocycles. The highest BCUT2D eigenvalue weighted by Crippen LogP contribution is 2.25. The normalized spacial score (nSPS) is 11.1. The zero-order chi connectivity index (χ0) is 13.8. The first-order valence-corrected chi connectivity index (χ1v) is 6.56. The Morgan fingerprint density at radius 1 is 1.28 bits per heavy atom. The molecule has 0 aliphatic carbocycles. The summed E-state index contributed by atoms with van der Waals surface area (Å²) in [4.78, 5) is 0. The Kier molecular flexibility index (Phi) is 4.77. The maximum absolute atomic E-state index is 3.89. The van der Waals surface area contributed by atoms with Gasteiger partial charge in [-0.3, -0.25) is 0 Å². The molecule has 0 fully saturated rings. The molecule has 0 saturated heterocycles. The van der Waals surface area contributed by atoms with Crippen molar-refractivity contribution in [2.75, 3.05) is 0 Å². The number of nitrogens with one attached hydrogen (secondary N) is 1. The van der Waals surface area contributed by atoms with Crippen LogP contribution in [0.25, 0.3) is 0 Å². The number of rotatable bonds is 5. The van der Waals surface area contributed by atoms with Gasteiger partial charge in [0.25, 0.3) is 0 Å². The van der Waals surface area contributed by atoms with Crippen molar-refractivity contribution in [1.29, 1.82) is 0 Å². The van der Waals surface area contributed by atoms with Gasteiger partial charge in [-0.15, -0.1) is 0 Å². The third-order valence-corrected chi connectivity index (χ3v) is 3.21. The van der Waals surface area contributed by atoms with Gasteiger partial charge >= 0.3 is 0 Å². The van der Waals surface area contributed by atoms with Crippen LogP contribution in [0.2, 0.25) is 0 Å². The second-order valence-corrected chi connectivity index (χ2v) is 5.67. The van der Waals surface area contributed by atoms with E-state index < -0.39 is 0 Å². The van der Waals surface area contributed by atoms with Crippen LogP contribution in [0.15, 0.2) is 43.1 Å². The van der Waals surface area contributed by atoms with Crippen molar-refractivity contribution in [2.45, 2.75) is 46.1 Å². The summed E-state index contributed by atoms with van der Waals surface area (Å²) in [5.74, 6) is 0. The van der Waals surface area contributed by atoms with E-state index in [1.54, 1.807) is 6.08 Å². The van der Waals surface area contributed by atoms with Gasteiger partial charge in [-0.2, -0.15) is 0 Å². The third-order valence-electron chi connectivity index (χ3n) is 3.21. The molecule has 0 aliphatic heterocycles. The van der Waals surface area contributed by atoms with E-state index in [1.807, 2.05) is 0 Å². The van der Waals surface area contributed by atoms with Crippen LogP contribution in [0.3, 0.4) is 0 Å². The first-order valence-electron chi connectivity index (χ1n) is 6.56. The van der Waals surface area contributed by atoms with E-state index in [0.717, 1.165) is 18.7 Å². The Balaban J connectivity index is 2.99. The minimum Gasteiger partial charge on any atom is -0.381 e. The molecule has 0 unspecified atom stereocenters. The number of aryl methyl sites for hydroxylation is 1. The fraction of sp³-hybridized carbons (Fsp3) is 0.412. The lowest BCUT2D eigenvalue weighted by Gasteiger charge is -2.21. The lowest BCUT2D eigenvalue weighted by atomic mass is 9.85. The number of hydrogen-bond donors (Lipinski definition) is 1. The van der Waals surface area contributed by atoms with Crippen molar-refractivity contribution in [3.05, 3.63) is 59.8 Å². The van der Waals surface area contributed by atoms with Gasteiger partial charge in [0.05, 0.1) is 0 Å². The van der Waals surface area contributed by atoms with Crippen LogP contribution in [0.5, 0.6) is 0 Å². The Hall–Kier alpha value is -1.50. The van der Waals surface area contributed by atoms with Crippen molar-refractivity contribution in [1.82, 2.24) is 5.32 Å². The molecule has 0 saturated carbocycles. The standard InChI is InChI=1S/C17H25N/c1-7-13(3)18-12-15-11-16(17(4,5)6)10-9-14(15)8-2/h7,9-11,18H,1,3,8,12H2,2,4-6H3. The molecule has 0 radical (unpaired) electrons. The van der Waals surface area contributed by atoms with E-state index in [4.69, 9.17) is 0 Å². The Bertz CT molecular complexity index is 435. The summed E-state index contributed by atoms with van der Waals surface area (Å²) in [6.07, 6.45) is 2.81. The van der Waals surface area contributed by atoms with Crippen molar-refractivity contribution >= 4 is 0 Å². The second kappa shape index (κ2) is 5.90. The summed E-state index contributed by atoms with van der Waals surface area (Å²) in [5.41, 5.74) is 5.19. The molecule has 1 aromatic rings. The van der Waals surface area contributed by atoms with Crippen LogP contribution < -0.4 is 5.32 Å². The van der Waals surface area contributed by atoms with Gasteiger partial charge in [-0.25, -0.2) is 0 Å². The summed E-state index contributed by atoms with van der Waals surface area (Å²) < 4.78 is 0. The van der Waals surface area contributed by atoms with Gasteiger partial charge in [0.2, 0.25) is 0 Å². The maximum atomic E-state index is 3.89. The van der Waals surface area contributed by atoms with Gasteiger partial charge in [0.1, 0.15) is 0 Å². The highest BCUT2D eigenvalue weighted by atomic mass is 14.9. The van der Waals surface area contributed by atoms with Crippen LogP contribution in [0.4, 0.5) is 0 Å². The molecular weight excluding hydrogens is 218 g/mol. The summed E-state index contributed by atoms with van der Waals surface area (Å²) >= 11 is 0. The largest absolute Gasteiger partial charge is 0.381 e. The molecule has 1 nitrogen and oxygen atoms in total. The summed E-state index contributed by atoms with van der Waals surface area (Å²) in [5, 5.41) is 3.29. The molecule has 1 heteroatoms. The number of hydrogen-bond acceptors (Lipinski definition) is 1. The monoisotopic (exact) mass is 243 g/mol. The summed E-state index contributed by atoms with van der Waals surface area (Å²) in [6.45, 7) is 17.3. The minimum absolute atomic E-state index is 0.191. The zero-order valence-corrected chi connectivity index (χ0v) is 12.1. The second-order valence-electron chi connectivity index (χ2n) is 5.67. The highest BCUT2D eigenvalue weighted by Gasteiger charge is 2.14. The van der Waals surface area contributed by atoms with Crippen LogP contribution in [-0.4, -0.2) is 0 Å². The predicted molar refractivity (Wildman–Crippen MR) is 80.7 cm³/mol. The smallest absolute Gasteiger partial charge is 0.0403 e. The molecule has 0 bridgehead atoms. The van der Waals surface area contributed by atoms with Gasteiger partial charge < -0.3 is 5.32 Å². The van der Waals surface area contributed by atoms with Crippen LogP contribution in [-0.2, 0) is 18.4 Å². The molecule has 0 amide bonds. The molecule has 0 spiro atoms. The van der Waals surface area contributed by atoms with Gasteiger partial charge in [0.15, 0.2) is 0 Å². The molecule has 1 N–H and O–H groups in total. The quantitative estimate of drug-likeness (QED) is 0.759. The van der Waals surface area contributed by atoms with Gasteiger partial charge in [0, 0.05) is 12.2 Å². The van der Waals surface area contributed by atoms with E-state index in [0.29, 0.717) is 0 Å². The minimum atomic E-state index is 0.191. The molecule has 98 valence electrons. The number of benzene rings is 1. The summed E-state index contributed by atoms with van der Waals surface area (Å²) in [7, 11) is 0. The van der Waals surface area contributed by atoms with E-state index in [1.165, 1.54) is 16.7 Å². The van der Waals surface area contributed by atoms with Crippen LogP contribution >= 0.6 is 0 Å². The third kappa shape index (κ3) is 3.76.